The van der Waals surface area contributed by atoms with Crippen LogP contribution in [-0.4, -0.2) is 37.2 Å². The maximum atomic E-state index is 12.9. The first kappa shape index (κ1) is 66.2. The first-order chi connectivity index (χ1) is 33.5. The van der Waals surface area contributed by atoms with Crippen LogP contribution in [0, 0.1) is 0 Å². The summed E-state index contributed by atoms with van der Waals surface area (Å²) in [5, 5.41) is 0. The molecule has 0 amide bonds. The Hall–Kier alpha value is -1.85. The van der Waals surface area contributed by atoms with Gasteiger partial charge in [0.1, 0.15) is 13.2 Å². The molecule has 0 aromatic rings. The van der Waals surface area contributed by atoms with E-state index in [2.05, 4.69) is 32.9 Å². The minimum Gasteiger partial charge on any atom is -0.462 e. The van der Waals surface area contributed by atoms with E-state index in [1.165, 1.54) is 244 Å². The fourth-order valence-electron chi connectivity index (χ4n) is 9.38. The van der Waals surface area contributed by atoms with Crippen LogP contribution in [0.4, 0.5) is 0 Å². The Morgan fingerprint density at radius 3 is 0.750 bits per heavy atom. The van der Waals surface area contributed by atoms with Crippen molar-refractivity contribution in [2.24, 2.45) is 0 Å². The molecule has 0 aliphatic rings. The third kappa shape index (κ3) is 55.1. The van der Waals surface area contributed by atoms with Crippen molar-refractivity contribution in [2.75, 3.05) is 13.2 Å². The molecule has 0 aromatic carbocycles. The van der Waals surface area contributed by atoms with E-state index in [0.717, 1.165) is 64.2 Å². The molecule has 6 nitrogen and oxygen atoms in total. The van der Waals surface area contributed by atoms with Crippen molar-refractivity contribution in [3.05, 3.63) is 12.2 Å². The predicted molar refractivity (Wildman–Crippen MR) is 293 cm³/mol. The van der Waals surface area contributed by atoms with Gasteiger partial charge in [0.25, 0.3) is 0 Å². The maximum Gasteiger partial charge on any atom is 0.306 e. The summed E-state index contributed by atoms with van der Waals surface area (Å²) in [5.74, 6) is -0.847. The highest BCUT2D eigenvalue weighted by molar-refractivity contribution is 5.71. The van der Waals surface area contributed by atoms with Gasteiger partial charge in [0.15, 0.2) is 6.10 Å². The van der Waals surface area contributed by atoms with E-state index < -0.39 is 6.10 Å². The molecule has 0 heterocycles. The highest BCUT2D eigenvalue weighted by Gasteiger charge is 2.19. The van der Waals surface area contributed by atoms with Crippen molar-refractivity contribution < 1.29 is 28.6 Å². The Morgan fingerprint density at radius 1 is 0.279 bits per heavy atom. The van der Waals surface area contributed by atoms with E-state index in [-0.39, 0.29) is 31.1 Å². The number of rotatable bonds is 57. The smallest absolute Gasteiger partial charge is 0.306 e. The second kappa shape index (κ2) is 57.7. The molecule has 0 unspecified atom stereocenters. The van der Waals surface area contributed by atoms with Gasteiger partial charge in [-0.1, -0.05) is 296 Å². The van der Waals surface area contributed by atoms with Crippen molar-refractivity contribution in [1.29, 1.82) is 0 Å². The standard InChI is InChI=1S/C62H118O6/c1-4-7-10-13-16-19-22-25-27-29-31-33-34-37-40-43-46-49-52-55-61(64)67-58-59(57-66-60(63)54-51-48-45-42-39-36-24-21-18-15-12-9-6-3)68-62(65)56-53-50-47-44-41-38-35-32-30-28-26-23-20-17-14-11-8-5-2/h21,24,59H,4-20,22-23,25-58H2,1-3H3/b24-21+/t59-/m1/s1. The third-order valence-electron chi connectivity index (χ3n) is 14.0. The summed E-state index contributed by atoms with van der Waals surface area (Å²) in [7, 11) is 0. The van der Waals surface area contributed by atoms with E-state index >= 15 is 0 Å². The van der Waals surface area contributed by atoms with Gasteiger partial charge < -0.3 is 14.2 Å². The summed E-state index contributed by atoms with van der Waals surface area (Å²) >= 11 is 0. The number of hydrogen-bond donors (Lipinski definition) is 0. The molecule has 0 aromatic heterocycles. The van der Waals surface area contributed by atoms with E-state index in [9.17, 15) is 14.4 Å². The second-order valence-electron chi connectivity index (χ2n) is 21.0. The summed E-state index contributed by atoms with van der Waals surface area (Å²) in [6, 6.07) is 0. The Bertz CT molecular complexity index is 1060. The molecule has 0 N–H and O–H groups in total. The van der Waals surface area contributed by atoms with Gasteiger partial charge in [-0.15, -0.1) is 0 Å². The molecule has 0 spiro atoms. The Morgan fingerprint density at radius 2 is 0.485 bits per heavy atom. The van der Waals surface area contributed by atoms with Gasteiger partial charge in [0.05, 0.1) is 0 Å². The summed E-state index contributed by atoms with van der Waals surface area (Å²) < 4.78 is 16.9. The molecular formula is C62H118O6. The minimum absolute atomic E-state index is 0.0662. The van der Waals surface area contributed by atoms with Crippen molar-refractivity contribution in [2.45, 2.75) is 354 Å². The molecule has 6 heteroatoms. The zero-order chi connectivity index (χ0) is 49.3. The summed E-state index contributed by atoms with van der Waals surface area (Å²) in [4.78, 5) is 38.2. The van der Waals surface area contributed by atoms with Crippen LogP contribution < -0.4 is 0 Å². The number of ether oxygens (including phenoxy) is 3. The van der Waals surface area contributed by atoms with E-state index in [1.54, 1.807) is 0 Å². The van der Waals surface area contributed by atoms with Crippen molar-refractivity contribution in [1.82, 2.24) is 0 Å². The molecule has 0 saturated carbocycles. The minimum atomic E-state index is -0.768. The first-order valence-corrected chi connectivity index (χ1v) is 30.7. The SMILES string of the molecule is CCCCCC/C=C/CCCCCCCC(=O)OC[C@H](COC(=O)CCCCCCCCCCCCCCCCCCCCC)OC(=O)CCCCCCCCCCCCCCCCCCCC. The van der Waals surface area contributed by atoms with E-state index in [0.29, 0.717) is 19.3 Å². The molecule has 0 saturated heterocycles. The van der Waals surface area contributed by atoms with Crippen molar-refractivity contribution >= 4 is 17.9 Å². The monoisotopic (exact) mass is 959 g/mol. The summed E-state index contributed by atoms with van der Waals surface area (Å²) in [6.07, 6.45) is 66.4. The molecule has 0 radical (unpaired) electrons. The molecule has 0 fully saturated rings. The molecule has 0 aliphatic heterocycles. The Balaban J connectivity index is 4.28. The van der Waals surface area contributed by atoms with Crippen LogP contribution in [0.1, 0.15) is 348 Å². The Kier molecular flexibility index (Phi) is 56.2. The topological polar surface area (TPSA) is 78.9 Å². The number of carbonyl (C=O) groups excluding carboxylic acids is 3. The summed E-state index contributed by atoms with van der Waals surface area (Å²) in [5.41, 5.74) is 0. The lowest BCUT2D eigenvalue weighted by Gasteiger charge is -2.18. The van der Waals surface area contributed by atoms with Crippen molar-refractivity contribution in [3.8, 4) is 0 Å². The number of esters is 3. The van der Waals surface area contributed by atoms with E-state index in [1.807, 2.05) is 0 Å². The number of allylic oxidation sites excluding steroid dienone is 2. The van der Waals surface area contributed by atoms with Gasteiger partial charge in [0.2, 0.25) is 0 Å². The van der Waals surface area contributed by atoms with Gasteiger partial charge in [-0.05, 0) is 44.9 Å². The molecule has 68 heavy (non-hydrogen) atoms. The molecular weight excluding hydrogens is 841 g/mol. The molecule has 0 bridgehead atoms. The average molecular weight is 960 g/mol. The lowest BCUT2D eigenvalue weighted by Crippen LogP contribution is -2.30. The number of carbonyl (C=O) groups is 3. The fourth-order valence-corrected chi connectivity index (χ4v) is 9.38. The zero-order valence-electron chi connectivity index (χ0n) is 46.2. The zero-order valence-corrected chi connectivity index (χ0v) is 46.2. The normalized spacial score (nSPS) is 12.0. The van der Waals surface area contributed by atoms with Gasteiger partial charge in [-0.2, -0.15) is 0 Å². The highest BCUT2D eigenvalue weighted by Crippen LogP contribution is 2.18. The second-order valence-corrected chi connectivity index (χ2v) is 21.0. The van der Waals surface area contributed by atoms with Crippen LogP contribution in [0.2, 0.25) is 0 Å². The molecule has 402 valence electrons. The highest BCUT2D eigenvalue weighted by atomic mass is 16.6. The lowest BCUT2D eigenvalue weighted by atomic mass is 10.0. The first-order valence-electron chi connectivity index (χ1n) is 30.7. The maximum absolute atomic E-state index is 12.9. The van der Waals surface area contributed by atoms with E-state index in [4.69, 9.17) is 14.2 Å². The van der Waals surface area contributed by atoms with Gasteiger partial charge in [-0.3, -0.25) is 14.4 Å². The van der Waals surface area contributed by atoms with Gasteiger partial charge >= 0.3 is 17.9 Å². The van der Waals surface area contributed by atoms with Crippen LogP contribution in [0.25, 0.3) is 0 Å². The lowest BCUT2D eigenvalue weighted by molar-refractivity contribution is -0.167. The molecule has 0 rings (SSSR count). The third-order valence-corrected chi connectivity index (χ3v) is 14.0. The van der Waals surface area contributed by atoms with Crippen LogP contribution in [0.15, 0.2) is 12.2 Å². The Labute approximate surface area is 424 Å². The van der Waals surface area contributed by atoms with Crippen LogP contribution >= 0.6 is 0 Å². The van der Waals surface area contributed by atoms with Crippen LogP contribution in [0.5, 0.6) is 0 Å². The average Bonchev–Trinajstić information content (AvgIpc) is 3.34. The largest absolute Gasteiger partial charge is 0.462 e. The fraction of sp³-hybridized carbons (Fsp3) is 0.919. The van der Waals surface area contributed by atoms with Crippen LogP contribution in [-0.2, 0) is 28.6 Å². The van der Waals surface area contributed by atoms with Gasteiger partial charge in [-0.25, -0.2) is 0 Å². The number of unbranched alkanes of at least 4 members (excludes halogenated alkanes) is 44. The molecule has 1 atom stereocenters. The predicted octanol–water partition coefficient (Wildman–Crippen LogP) is 20.5. The van der Waals surface area contributed by atoms with Crippen molar-refractivity contribution in [3.63, 3.8) is 0 Å². The molecule has 0 aliphatic carbocycles. The van der Waals surface area contributed by atoms with Gasteiger partial charge in [0, 0.05) is 19.3 Å². The van der Waals surface area contributed by atoms with Crippen LogP contribution in [0.3, 0.4) is 0 Å². The summed E-state index contributed by atoms with van der Waals surface area (Å²) in [6.45, 7) is 6.69. The number of hydrogen-bond acceptors (Lipinski definition) is 6. The quantitative estimate of drug-likeness (QED) is 0.0262.